The van der Waals surface area contributed by atoms with Crippen LogP contribution in [0.4, 0.5) is 4.39 Å². The minimum absolute atomic E-state index is 0.206. The number of benzene rings is 2. The highest BCUT2D eigenvalue weighted by molar-refractivity contribution is 5.70. The second-order valence-corrected chi connectivity index (χ2v) is 4.41. The molecule has 2 aromatic rings. The molecule has 1 atom stereocenters. The highest BCUT2D eigenvalue weighted by Crippen LogP contribution is 2.38. The lowest BCUT2D eigenvalue weighted by Crippen LogP contribution is -1.93. The zero-order chi connectivity index (χ0) is 11.8. The Balaban J connectivity index is 2.20. The van der Waals surface area contributed by atoms with E-state index in [2.05, 4.69) is 0 Å². The average molecular weight is 228 g/mol. The second kappa shape index (κ2) is 3.97. The zero-order valence-electron chi connectivity index (χ0n) is 9.36. The van der Waals surface area contributed by atoms with E-state index < -0.39 is 6.10 Å². The Labute approximate surface area is 99.5 Å². The Kier molecular flexibility index (Phi) is 2.45. The van der Waals surface area contributed by atoms with E-state index in [9.17, 15) is 9.50 Å². The average Bonchev–Trinajstić information content (AvgIpc) is 2.72. The quantitative estimate of drug-likeness (QED) is 0.792. The predicted molar refractivity (Wildman–Crippen MR) is 65.1 cm³/mol. The van der Waals surface area contributed by atoms with Crippen molar-refractivity contribution in [2.24, 2.45) is 0 Å². The Morgan fingerprint density at radius 2 is 1.76 bits per heavy atom. The second-order valence-electron chi connectivity index (χ2n) is 4.41. The van der Waals surface area contributed by atoms with Crippen LogP contribution in [0.1, 0.15) is 23.7 Å². The molecule has 2 aromatic carbocycles. The fraction of sp³-hybridized carbons (Fsp3) is 0.200. The van der Waals surface area contributed by atoms with E-state index in [0.717, 1.165) is 29.5 Å². The van der Waals surface area contributed by atoms with Crippen LogP contribution in [0, 0.1) is 5.82 Å². The first-order valence-electron chi connectivity index (χ1n) is 5.82. The van der Waals surface area contributed by atoms with Gasteiger partial charge in [-0.3, -0.25) is 0 Å². The highest BCUT2D eigenvalue weighted by atomic mass is 19.1. The predicted octanol–water partition coefficient (Wildman–Crippen LogP) is 3.47. The normalized spacial score (nSPS) is 18.1. The summed E-state index contributed by atoms with van der Waals surface area (Å²) >= 11 is 0. The van der Waals surface area contributed by atoms with Crippen LogP contribution in [0.5, 0.6) is 0 Å². The molecule has 0 bridgehead atoms. The number of fused-ring (bicyclic) bond motifs is 1. The Hall–Kier alpha value is -1.67. The van der Waals surface area contributed by atoms with Gasteiger partial charge in [0.1, 0.15) is 5.82 Å². The molecule has 0 saturated heterocycles. The van der Waals surface area contributed by atoms with Gasteiger partial charge in [-0.15, -0.1) is 0 Å². The van der Waals surface area contributed by atoms with Crippen LogP contribution >= 0.6 is 0 Å². The zero-order valence-corrected chi connectivity index (χ0v) is 9.36. The maximum atomic E-state index is 13.8. The number of halogens is 1. The summed E-state index contributed by atoms with van der Waals surface area (Å²) in [5.41, 5.74) is 3.58. The van der Waals surface area contributed by atoms with Gasteiger partial charge in [0.15, 0.2) is 0 Å². The Morgan fingerprint density at radius 3 is 2.59 bits per heavy atom. The molecule has 0 saturated carbocycles. The van der Waals surface area contributed by atoms with Crippen molar-refractivity contribution < 1.29 is 9.50 Å². The van der Waals surface area contributed by atoms with Crippen molar-refractivity contribution in [3.05, 3.63) is 59.4 Å². The first-order valence-corrected chi connectivity index (χ1v) is 5.82. The van der Waals surface area contributed by atoms with E-state index in [4.69, 9.17) is 0 Å². The third-order valence-corrected chi connectivity index (χ3v) is 3.40. The lowest BCUT2D eigenvalue weighted by molar-refractivity contribution is 0.180. The molecule has 0 fully saturated rings. The summed E-state index contributed by atoms with van der Waals surface area (Å²) in [4.78, 5) is 0. The van der Waals surface area contributed by atoms with Gasteiger partial charge in [0.25, 0.3) is 0 Å². The van der Waals surface area contributed by atoms with Gasteiger partial charge < -0.3 is 5.11 Å². The number of aliphatic hydroxyl groups is 1. The minimum Gasteiger partial charge on any atom is -0.388 e. The lowest BCUT2D eigenvalue weighted by Gasteiger charge is -2.10. The first kappa shape index (κ1) is 10.5. The van der Waals surface area contributed by atoms with Gasteiger partial charge in [-0.2, -0.15) is 0 Å². The molecule has 1 N–H and O–H groups in total. The van der Waals surface area contributed by atoms with Gasteiger partial charge >= 0.3 is 0 Å². The number of hydrogen-bond donors (Lipinski definition) is 1. The summed E-state index contributed by atoms with van der Waals surface area (Å²) in [6, 6.07) is 12.5. The summed E-state index contributed by atoms with van der Waals surface area (Å²) in [6.07, 6.45) is 1.17. The lowest BCUT2D eigenvalue weighted by atomic mass is 9.96. The van der Waals surface area contributed by atoms with E-state index in [1.54, 1.807) is 12.1 Å². The first-order chi connectivity index (χ1) is 8.27. The number of rotatable bonds is 1. The molecule has 0 aliphatic heterocycles. The van der Waals surface area contributed by atoms with Gasteiger partial charge in [-0.1, -0.05) is 36.4 Å². The van der Waals surface area contributed by atoms with E-state index in [-0.39, 0.29) is 5.82 Å². The third kappa shape index (κ3) is 1.65. The number of hydrogen-bond acceptors (Lipinski definition) is 1. The fourth-order valence-corrected chi connectivity index (χ4v) is 2.56. The largest absolute Gasteiger partial charge is 0.388 e. The molecule has 0 amide bonds. The molecular weight excluding hydrogens is 215 g/mol. The van der Waals surface area contributed by atoms with Crippen LogP contribution < -0.4 is 0 Å². The molecule has 0 radical (unpaired) electrons. The van der Waals surface area contributed by atoms with E-state index in [1.807, 2.05) is 24.3 Å². The standard InChI is InChI=1S/C15H13FO/c16-14-7-2-1-4-12(14)10-5-3-6-13-11(10)8-9-15(13)17/h1-7,15,17H,8-9H2/t15-/m1/s1. The summed E-state index contributed by atoms with van der Waals surface area (Å²) < 4.78 is 13.8. The van der Waals surface area contributed by atoms with Crippen LogP contribution in [-0.4, -0.2) is 5.11 Å². The van der Waals surface area contributed by atoms with Gasteiger partial charge in [-0.25, -0.2) is 4.39 Å². The van der Waals surface area contributed by atoms with Crippen molar-refractivity contribution in [2.75, 3.05) is 0 Å². The third-order valence-electron chi connectivity index (χ3n) is 3.40. The molecular formula is C15H13FO. The van der Waals surface area contributed by atoms with E-state index in [0.29, 0.717) is 5.56 Å². The van der Waals surface area contributed by atoms with Gasteiger partial charge in [0.05, 0.1) is 6.10 Å². The monoisotopic (exact) mass is 228 g/mol. The topological polar surface area (TPSA) is 20.2 Å². The van der Waals surface area contributed by atoms with E-state index >= 15 is 0 Å². The fourth-order valence-electron chi connectivity index (χ4n) is 2.56. The van der Waals surface area contributed by atoms with Crippen LogP contribution in [0.3, 0.4) is 0 Å². The SMILES string of the molecule is O[C@@H]1CCc2c(-c3ccccc3F)cccc21. The highest BCUT2D eigenvalue weighted by Gasteiger charge is 2.23. The van der Waals surface area contributed by atoms with Crippen LogP contribution in [0.25, 0.3) is 11.1 Å². The van der Waals surface area contributed by atoms with Crippen molar-refractivity contribution in [2.45, 2.75) is 18.9 Å². The van der Waals surface area contributed by atoms with Crippen molar-refractivity contribution >= 4 is 0 Å². The maximum Gasteiger partial charge on any atom is 0.131 e. The van der Waals surface area contributed by atoms with E-state index in [1.165, 1.54) is 6.07 Å². The van der Waals surface area contributed by atoms with Gasteiger partial charge in [0.2, 0.25) is 0 Å². The molecule has 0 spiro atoms. The summed E-state index contributed by atoms with van der Waals surface area (Å²) in [5, 5.41) is 9.83. The van der Waals surface area contributed by atoms with Crippen LogP contribution in [0.2, 0.25) is 0 Å². The Morgan fingerprint density at radius 1 is 1.00 bits per heavy atom. The van der Waals surface area contributed by atoms with Gasteiger partial charge in [0, 0.05) is 5.56 Å². The molecule has 86 valence electrons. The number of aliphatic hydroxyl groups excluding tert-OH is 1. The molecule has 3 rings (SSSR count). The molecule has 1 aliphatic rings. The van der Waals surface area contributed by atoms with Crippen LogP contribution in [0.15, 0.2) is 42.5 Å². The van der Waals surface area contributed by atoms with Crippen molar-refractivity contribution in [1.29, 1.82) is 0 Å². The van der Waals surface area contributed by atoms with Crippen molar-refractivity contribution in [3.63, 3.8) is 0 Å². The smallest absolute Gasteiger partial charge is 0.131 e. The summed E-state index contributed by atoms with van der Waals surface area (Å²) in [5.74, 6) is -0.206. The van der Waals surface area contributed by atoms with Gasteiger partial charge in [-0.05, 0) is 35.6 Å². The summed E-state index contributed by atoms with van der Waals surface area (Å²) in [6.45, 7) is 0. The summed E-state index contributed by atoms with van der Waals surface area (Å²) in [7, 11) is 0. The molecule has 1 nitrogen and oxygen atoms in total. The molecule has 2 heteroatoms. The van der Waals surface area contributed by atoms with Crippen LogP contribution in [-0.2, 0) is 6.42 Å². The molecule has 1 aliphatic carbocycles. The maximum absolute atomic E-state index is 13.8. The van der Waals surface area contributed by atoms with Crippen molar-refractivity contribution in [1.82, 2.24) is 0 Å². The van der Waals surface area contributed by atoms with Crippen molar-refractivity contribution in [3.8, 4) is 11.1 Å². The molecule has 0 unspecified atom stereocenters. The molecule has 17 heavy (non-hydrogen) atoms. The Bertz CT molecular complexity index is 563. The minimum atomic E-state index is -0.392. The molecule has 0 aromatic heterocycles. The molecule has 0 heterocycles.